The molecule has 4 aliphatic rings. The second-order valence-corrected chi connectivity index (χ2v) is 14.8. The Hall–Kier alpha value is -5.91. The van der Waals surface area contributed by atoms with Crippen LogP contribution in [-0.2, 0) is 4.74 Å². The smallest absolute Gasteiger partial charge is 0.254 e. The summed E-state index contributed by atoms with van der Waals surface area (Å²) >= 11 is 3.14. The van der Waals surface area contributed by atoms with Gasteiger partial charge in [-0.1, -0.05) is 78.1 Å². The number of nitrogens with one attached hydrogen (secondary N) is 2. The number of allylic oxidation sites excluding steroid dienone is 1. The predicted octanol–water partition coefficient (Wildman–Crippen LogP) is 7.14. The molecule has 0 saturated carbocycles. The number of nitrogens with zero attached hydrogens (tertiary/aromatic N) is 3. The third-order valence-electron chi connectivity index (χ3n) is 9.53. The van der Waals surface area contributed by atoms with Gasteiger partial charge in [0.1, 0.15) is 22.9 Å². The maximum Gasteiger partial charge on any atom is 0.254 e. The van der Waals surface area contributed by atoms with Crippen LogP contribution in [0.1, 0.15) is 27.0 Å². The van der Waals surface area contributed by atoms with E-state index >= 15 is 0 Å². The Labute approximate surface area is 308 Å². The fourth-order valence-electron chi connectivity index (χ4n) is 7.00. The summed E-state index contributed by atoms with van der Waals surface area (Å²) in [5.74, 6) is 1.06. The summed E-state index contributed by atoms with van der Waals surface area (Å²) in [6.45, 7) is 2.05. The minimum Gasteiger partial charge on any atom is -0.456 e. The molecule has 1 saturated heterocycles. The van der Waals surface area contributed by atoms with Crippen molar-refractivity contribution in [3.8, 4) is 23.6 Å². The first-order valence-electron chi connectivity index (χ1n) is 16.9. The fourth-order valence-corrected chi connectivity index (χ4v) is 9.18. The molecule has 1 unspecified atom stereocenters. The standard InChI is InChI=1S/C42H29N5O3S2/c43-23-31(40-45-33-9-3-5-11-37(33)51-40)25-13-15-29-35(21-25)50-36-22-26(32(24-44)41-46-34-10-4-6-12-38(34)52-41)14-16-30(36)39(29)27-7-1-2-8-28(27)42(48)47-17-19-49-20-18-47/h1-16,21-22,40,45-46H,17-20H2/b31-25+,41-32-. The lowest BCUT2D eigenvalue weighted by atomic mass is 9.88. The minimum absolute atomic E-state index is 0.0568. The Morgan fingerprint density at radius 3 is 2.35 bits per heavy atom. The number of carbonyl (C=O) groups excluding carboxylic acids is 1. The van der Waals surface area contributed by atoms with Crippen molar-refractivity contribution in [1.82, 2.24) is 4.90 Å². The zero-order chi connectivity index (χ0) is 35.2. The Bertz CT molecular complexity index is 2510. The van der Waals surface area contributed by atoms with E-state index in [1.807, 2.05) is 114 Å². The number of amides is 1. The van der Waals surface area contributed by atoms with Gasteiger partial charge in [0, 0.05) is 50.5 Å². The summed E-state index contributed by atoms with van der Waals surface area (Å²) in [6, 6.07) is 40.2. The number of hydrogen-bond acceptors (Lipinski definition) is 9. The first-order chi connectivity index (χ1) is 25.6. The third-order valence-corrected chi connectivity index (χ3v) is 11.8. The van der Waals surface area contributed by atoms with Gasteiger partial charge in [-0.25, -0.2) is 0 Å². The largest absolute Gasteiger partial charge is 0.456 e. The first kappa shape index (κ1) is 32.0. The van der Waals surface area contributed by atoms with Gasteiger partial charge in [-0.15, -0.1) is 0 Å². The van der Waals surface area contributed by atoms with Crippen LogP contribution in [0.2, 0.25) is 0 Å². The average Bonchev–Trinajstić information content (AvgIpc) is 3.82. The van der Waals surface area contributed by atoms with Gasteiger partial charge in [-0.05, 0) is 70.9 Å². The lowest BCUT2D eigenvalue weighted by Gasteiger charge is -2.28. The predicted molar refractivity (Wildman–Crippen MR) is 204 cm³/mol. The monoisotopic (exact) mass is 715 g/mol. The Kier molecular flexibility index (Phi) is 8.21. The number of nitriles is 2. The van der Waals surface area contributed by atoms with E-state index in [0.717, 1.165) is 53.3 Å². The van der Waals surface area contributed by atoms with E-state index in [1.54, 1.807) is 11.8 Å². The Morgan fingerprint density at radius 1 is 0.788 bits per heavy atom. The summed E-state index contributed by atoms with van der Waals surface area (Å²) in [7, 11) is 0. The topological polar surface area (TPSA) is 110 Å². The summed E-state index contributed by atoms with van der Waals surface area (Å²) in [4.78, 5) is 18.0. The normalized spacial score (nSPS) is 18.2. The number of ether oxygens (including phenoxy) is 2. The van der Waals surface area contributed by atoms with Crippen LogP contribution in [0.5, 0.6) is 11.5 Å². The van der Waals surface area contributed by atoms with Crippen molar-refractivity contribution in [2.24, 2.45) is 0 Å². The van der Waals surface area contributed by atoms with E-state index < -0.39 is 0 Å². The molecule has 0 aliphatic carbocycles. The second kappa shape index (κ2) is 13.3. The van der Waals surface area contributed by atoms with E-state index in [9.17, 15) is 15.3 Å². The van der Waals surface area contributed by atoms with E-state index in [1.165, 1.54) is 11.8 Å². The van der Waals surface area contributed by atoms with Crippen molar-refractivity contribution in [2.45, 2.75) is 15.2 Å². The van der Waals surface area contributed by atoms with Gasteiger partial charge in [0.15, 0.2) is 0 Å². The van der Waals surface area contributed by atoms with Crippen LogP contribution >= 0.6 is 23.5 Å². The molecule has 2 N–H and O–H groups in total. The molecular weight excluding hydrogens is 687 g/mol. The molecule has 4 heterocycles. The van der Waals surface area contributed by atoms with Gasteiger partial charge in [0.25, 0.3) is 5.91 Å². The van der Waals surface area contributed by atoms with Gasteiger partial charge in [0.2, 0.25) is 0 Å². The minimum atomic E-state index is -0.261. The van der Waals surface area contributed by atoms with Crippen LogP contribution in [0, 0.1) is 22.7 Å². The number of rotatable bonds is 4. The Morgan fingerprint density at radius 2 is 1.56 bits per heavy atom. The molecule has 52 heavy (non-hydrogen) atoms. The van der Waals surface area contributed by atoms with Gasteiger partial charge in [0.05, 0.1) is 41.1 Å². The second-order valence-electron chi connectivity index (χ2n) is 12.6. The van der Waals surface area contributed by atoms with Crippen LogP contribution in [0.4, 0.5) is 11.4 Å². The molecular formula is C42H29N5O3S2. The number of carbonyl (C=O) groups is 1. The molecule has 1 fully saturated rings. The highest BCUT2D eigenvalue weighted by atomic mass is 32.2. The highest BCUT2D eigenvalue weighted by molar-refractivity contribution is 8.04. The van der Waals surface area contributed by atoms with Gasteiger partial charge >= 0.3 is 0 Å². The van der Waals surface area contributed by atoms with E-state index in [-0.39, 0.29) is 11.3 Å². The van der Waals surface area contributed by atoms with Gasteiger partial charge < -0.3 is 25.0 Å². The molecule has 8 nitrogen and oxygen atoms in total. The quantitative estimate of drug-likeness (QED) is 0.184. The summed E-state index contributed by atoms with van der Waals surface area (Å²) in [5, 5.41) is 29.8. The SMILES string of the molecule is N#C/C(=C1\Nc2ccccc2S1)c1ccc2c(c1)Oc1c/c(=C(\C#N)C3Nc4ccccc4S3)ccc1=C2c1ccccc1C(=O)N1CCOCC1. The molecule has 0 spiro atoms. The molecule has 5 aromatic carbocycles. The maximum absolute atomic E-state index is 14.1. The molecule has 10 heteroatoms. The molecule has 0 aromatic heterocycles. The molecule has 1 atom stereocenters. The van der Waals surface area contributed by atoms with Crippen molar-refractivity contribution in [3.05, 3.63) is 147 Å². The lowest BCUT2D eigenvalue weighted by Crippen LogP contribution is -2.41. The lowest BCUT2D eigenvalue weighted by molar-refractivity contribution is 0.0302. The molecule has 0 bridgehead atoms. The number of hydrogen-bond donors (Lipinski definition) is 2. The summed E-state index contributed by atoms with van der Waals surface area (Å²) < 4.78 is 12.3. The number of anilines is 2. The van der Waals surface area contributed by atoms with Crippen molar-refractivity contribution in [1.29, 1.82) is 10.5 Å². The third kappa shape index (κ3) is 5.58. The average molecular weight is 716 g/mol. The number of para-hydroxylation sites is 2. The number of benzene rings is 5. The van der Waals surface area contributed by atoms with Crippen molar-refractivity contribution >= 4 is 57.5 Å². The van der Waals surface area contributed by atoms with Crippen LogP contribution in [-0.4, -0.2) is 42.5 Å². The summed E-state index contributed by atoms with van der Waals surface area (Å²) in [6.07, 6.45) is 0. The maximum atomic E-state index is 14.1. The number of fused-ring (bicyclic) bond motifs is 4. The van der Waals surface area contributed by atoms with Crippen molar-refractivity contribution in [3.63, 3.8) is 0 Å². The highest BCUT2D eigenvalue weighted by Crippen LogP contribution is 2.45. The highest BCUT2D eigenvalue weighted by Gasteiger charge is 2.29. The molecule has 9 rings (SSSR count). The van der Waals surface area contributed by atoms with E-state index in [4.69, 9.17) is 9.47 Å². The zero-order valence-corrected chi connectivity index (χ0v) is 29.3. The van der Waals surface area contributed by atoms with E-state index in [0.29, 0.717) is 60.1 Å². The summed E-state index contributed by atoms with van der Waals surface area (Å²) in [5.41, 5.74) is 6.76. The first-order valence-corrected chi connectivity index (χ1v) is 18.6. The fraction of sp³-hybridized carbons (Fsp3) is 0.119. The molecule has 1 amide bonds. The molecule has 4 aliphatic heterocycles. The van der Waals surface area contributed by atoms with Crippen LogP contribution in [0.3, 0.4) is 0 Å². The van der Waals surface area contributed by atoms with Crippen molar-refractivity contribution < 1.29 is 14.3 Å². The van der Waals surface area contributed by atoms with E-state index in [2.05, 4.69) is 22.8 Å². The molecule has 252 valence electrons. The number of thioether (sulfide) groups is 2. The molecule has 0 radical (unpaired) electrons. The van der Waals surface area contributed by atoms with Crippen molar-refractivity contribution in [2.75, 3.05) is 36.9 Å². The van der Waals surface area contributed by atoms with Crippen LogP contribution < -0.4 is 25.8 Å². The number of morpholine rings is 1. The zero-order valence-electron chi connectivity index (χ0n) is 27.7. The van der Waals surface area contributed by atoms with Crippen LogP contribution in [0.25, 0.3) is 16.7 Å². The van der Waals surface area contributed by atoms with Gasteiger partial charge in [-0.2, -0.15) is 10.5 Å². The Balaban J connectivity index is 1.21. The van der Waals surface area contributed by atoms with Gasteiger partial charge in [-0.3, -0.25) is 4.79 Å². The van der Waals surface area contributed by atoms with Crippen LogP contribution in [0.15, 0.2) is 124 Å². The molecule has 5 aromatic rings.